The topological polar surface area (TPSA) is 35.2 Å². The Hall–Kier alpha value is -0.150. The summed E-state index contributed by atoms with van der Waals surface area (Å²) in [4.78, 5) is 0.442. The summed E-state index contributed by atoms with van der Waals surface area (Å²) in [5, 5.41) is 0. The normalized spacial score (nSPS) is 16.3. The number of hydrogen-bond donors (Lipinski definition) is 1. The third-order valence-electron chi connectivity index (χ3n) is 1.66. The van der Waals surface area contributed by atoms with E-state index in [2.05, 4.69) is 0 Å². The van der Waals surface area contributed by atoms with Crippen LogP contribution < -0.4 is 5.73 Å². The first-order chi connectivity index (χ1) is 4.56. The predicted molar refractivity (Wildman–Crippen MR) is 47.1 cm³/mol. The lowest BCUT2D eigenvalue weighted by atomic mass is 10.0. The molecule has 0 aliphatic rings. The van der Waals surface area contributed by atoms with Crippen LogP contribution in [0.3, 0.4) is 0 Å². The maximum Gasteiger partial charge on any atom is 0.115 e. The first-order valence-corrected chi connectivity index (χ1v) is 3.91. The van der Waals surface area contributed by atoms with E-state index >= 15 is 0 Å². The Kier molecular flexibility index (Phi) is 3.83. The molecule has 0 bridgehead atoms. The van der Waals surface area contributed by atoms with Gasteiger partial charge in [0.25, 0.3) is 0 Å². The zero-order chi connectivity index (χ0) is 8.20. The first kappa shape index (κ1) is 9.85. The van der Waals surface area contributed by atoms with Gasteiger partial charge in [-0.05, 0) is 20.3 Å². The number of hydrogen-bond acceptors (Lipinski definition) is 2. The van der Waals surface area contributed by atoms with Crippen molar-refractivity contribution in [3.8, 4) is 0 Å². The number of ether oxygens (including phenoxy) is 1. The van der Waals surface area contributed by atoms with E-state index in [9.17, 15) is 0 Å². The lowest BCUT2D eigenvalue weighted by molar-refractivity contribution is 0.0279. The second-order valence-electron chi connectivity index (χ2n) is 2.38. The molecule has 10 heavy (non-hydrogen) atoms. The summed E-state index contributed by atoms with van der Waals surface area (Å²) < 4.78 is 5.37. The van der Waals surface area contributed by atoms with Crippen LogP contribution in [0.5, 0.6) is 0 Å². The fourth-order valence-electron chi connectivity index (χ4n) is 0.666. The molecule has 0 rings (SSSR count). The molecule has 0 aromatic heterocycles. The average Bonchev–Trinajstić information content (AvgIpc) is 1.88. The molecule has 0 aliphatic heterocycles. The van der Waals surface area contributed by atoms with Crippen LogP contribution >= 0.6 is 12.2 Å². The zero-order valence-electron chi connectivity index (χ0n) is 6.81. The third kappa shape index (κ3) is 2.23. The first-order valence-electron chi connectivity index (χ1n) is 3.50. The average molecular weight is 161 g/mol. The van der Waals surface area contributed by atoms with Gasteiger partial charge in [-0.3, -0.25) is 0 Å². The van der Waals surface area contributed by atoms with Crippen LogP contribution in [-0.2, 0) is 4.74 Å². The smallest absolute Gasteiger partial charge is 0.115 e. The predicted octanol–water partition coefficient (Wildman–Crippen LogP) is 1.48. The van der Waals surface area contributed by atoms with E-state index in [0.717, 1.165) is 6.42 Å². The highest BCUT2D eigenvalue weighted by Gasteiger charge is 2.25. The second kappa shape index (κ2) is 3.88. The van der Waals surface area contributed by atoms with Crippen LogP contribution in [0, 0.1) is 0 Å². The summed E-state index contributed by atoms with van der Waals surface area (Å²) in [6, 6.07) is 0. The SMILES string of the molecule is CCOC(C)(CC)C(N)=S. The van der Waals surface area contributed by atoms with Crippen LogP contribution in [0.2, 0.25) is 0 Å². The summed E-state index contributed by atoms with van der Waals surface area (Å²) >= 11 is 4.85. The van der Waals surface area contributed by atoms with Gasteiger partial charge < -0.3 is 10.5 Å². The molecular formula is C7H15NOS. The molecule has 1 unspecified atom stereocenters. The highest BCUT2D eigenvalue weighted by atomic mass is 32.1. The highest BCUT2D eigenvalue weighted by Crippen LogP contribution is 2.14. The van der Waals surface area contributed by atoms with Gasteiger partial charge in [0, 0.05) is 6.61 Å². The van der Waals surface area contributed by atoms with Crippen molar-refractivity contribution >= 4 is 17.2 Å². The van der Waals surface area contributed by atoms with E-state index in [4.69, 9.17) is 22.7 Å². The molecule has 1 atom stereocenters. The summed E-state index contributed by atoms with van der Waals surface area (Å²) in [6.07, 6.45) is 0.830. The van der Waals surface area contributed by atoms with Crippen LogP contribution in [0.15, 0.2) is 0 Å². The van der Waals surface area contributed by atoms with Crippen molar-refractivity contribution in [2.45, 2.75) is 32.8 Å². The van der Waals surface area contributed by atoms with Gasteiger partial charge in [-0.15, -0.1) is 0 Å². The second-order valence-corrected chi connectivity index (χ2v) is 2.82. The fraction of sp³-hybridized carbons (Fsp3) is 0.857. The molecule has 2 N–H and O–H groups in total. The lowest BCUT2D eigenvalue weighted by Crippen LogP contribution is -2.41. The Bertz CT molecular complexity index is 127. The van der Waals surface area contributed by atoms with Gasteiger partial charge in [-0.2, -0.15) is 0 Å². The minimum Gasteiger partial charge on any atom is -0.391 e. The van der Waals surface area contributed by atoms with Crippen molar-refractivity contribution in [1.82, 2.24) is 0 Å². The van der Waals surface area contributed by atoms with Gasteiger partial charge in [-0.25, -0.2) is 0 Å². The molecule has 0 aliphatic carbocycles. The van der Waals surface area contributed by atoms with Crippen LogP contribution in [0.25, 0.3) is 0 Å². The molecule has 0 heterocycles. The maximum atomic E-state index is 5.47. The van der Waals surface area contributed by atoms with Crippen molar-refractivity contribution in [3.05, 3.63) is 0 Å². The minimum absolute atomic E-state index is 0.399. The Morgan fingerprint density at radius 1 is 1.60 bits per heavy atom. The van der Waals surface area contributed by atoms with Gasteiger partial charge in [0.2, 0.25) is 0 Å². The van der Waals surface area contributed by atoms with Crippen molar-refractivity contribution < 1.29 is 4.74 Å². The Morgan fingerprint density at radius 3 is 2.20 bits per heavy atom. The van der Waals surface area contributed by atoms with E-state index in [0.29, 0.717) is 11.6 Å². The van der Waals surface area contributed by atoms with Gasteiger partial charge in [-0.1, -0.05) is 19.1 Å². The number of nitrogens with two attached hydrogens (primary N) is 1. The molecule has 0 saturated heterocycles. The Morgan fingerprint density at radius 2 is 2.10 bits per heavy atom. The van der Waals surface area contributed by atoms with Crippen molar-refractivity contribution in [3.63, 3.8) is 0 Å². The molecule has 0 saturated carbocycles. The van der Waals surface area contributed by atoms with Gasteiger partial charge in [0.05, 0.1) is 0 Å². The maximum absolute atomic E-state index is 5.47. The summed E-state index contributed by atoms with van der Waals surface area (Å²) in [5.74, 6) is 0. The van der Waals surface area contributed by atoms with E-state index in [1.165, 1.54) is 0 Å². The van der Waals surface area contributed by atoms with E-state index in [1.807, 2.05) is 20.8 Å². The number of rotatable bonds is 4. The monoisotopic (exact) mass is 161 g/mol. The molecule has 0 aromatic rings. The third-order valence-corrected chi connectivity index (χ3v) is 2.09. The molecule has 0 fully saturated rings. The van der Waals surface area contributed by atoms with Crippen molar-refractivity contribution in [2.24, 2.45) is 5.73 Å². The van der Waals surface area contributed by atoms with E-state index < -0.39 is 5.60 Å². The molecule has 2 nitrogen and oxygen atoms in total. The lowest BCUT2D eigenvalue weighted by Gasteiger charge is -2.26. The zero-order valence-corrected chi connectivity index (χ0v) is 7.62. The fourth-order valence-corrected chi connectivity index (χ4v) is 0.869. The summed E-state index contributed by atoms with van der Waals surface area (Å²) in [6.45, 7) is 6.52. The minimum atomic E-state index is -0.399. The van der Waals surface area contributed by atoms with Crippen LogP contribution in [0.1, 0.15) is 27.2 Å². The van der Waals surface area contributed by atoms with Gasteiger partial charge >= 0.3 is 0 Å². The van der Waals surface area contributed by atoms with E-state index in [-0.39, 0.29) is 0 Å². The van der Waals surface area contributed by atoms with Crippen molar-refractivity contribution in [1.29, 1.82) is 0 Å². The van der Waals surface area contributed by atoms with Crippen molar-refractivity contribution in [2.75, 3.05) is 6.61 Å². The molecule has 0 amide bonds. The van der Waals surface area contributed by atoms with Crippen LogP contribution in [0.4, 0.5) is 0 Å². The van der Waals surface area contributed by atoms with Gasteiger partial charge in [0.1, 0.15) is 10.6 Å². The molecule has 0 aromatic carbocycles. The molecular weight excluding hydrogens is 146 g/mol. The molecule has 60 valence electrons. The van der Waals surface area contributed by atoms with Crippen LogP contribution in [-0.4, -0.2) is 17.2 Å². The van der Waals surface area contributed by atoms with E-state index in [1.54, 1.807) is 0 Å². The standard InChI is InChI=1S/C7H15NOS/c1-4-7(3,6(8)10)9-5-2/h4-5H2,1-3H3,(H2,8,10). The molecule has 0 radical (unpaired) electrons. The molecule has 0 spiro atoms. The highest BCUT2D eigenvalue weighted by molar-refractivity contribution is 7.80. The Balaban J connectivity index is 4.08. The molecule has 3 heteroatoms. The summed E-state index contributed by atoms with van der Waals surface area (Å²) in [7, 11) is 0. The Labute approximate surface area is 67.7 Å². The summed E-state index contributed by atoms with van der Waals surface area (Å²) in [5.41, 5.74) is 5.08. The largest absolute Gasteiger partial charge is 0.391 e. The number of thiocarbonyl (C=S) groups is 1. The van der Waals surface area contributed by atoms with Gasteiger partial charge in [0.15, 0.2) is 0 Å². The quantitative estimate of drug-likeness (QED) is 0.634.